The third-order valence-corrected chi connectivity index (χ3v) is 10.1. The van der Waals surface area contributed by atoms with Crippen molar-refractivity contribution in [2.45, 2.75) is 143 Å². The van der Waals surface area contributed by atoms with E-state index in [1.165, 1.54) is 0 Å². The molecule has 2 saturated carbocycles. The first-order chi connectivity index (χ1) is 19.5. The minimum atomic E-state index is -2.48. The molecule has 238 valence electrons. The predicted octanol–water partition coefficient (Wildman–Crippen LogP) is -4.23. The Hall–Kier alpha value is -0.560. The van der Waals surface area contributed by atoms with Crippen molar-refractivity contribution in [3.8, 4) is 0 Å². The first-order valence-electron chi connectivity index (χ1n) is 14.9. The molecule has 5 unspecified atom stereocenters. The van der Waals surface area contributed by atoms with Gasteiger partial charge in [-0.1, -0.05) is 0 Å². The van der Waals surface area contributed by atoms with Gasteiger partial charge in [-0.05, 0) is 32.1 Å². The van der Waals surface area contributed by atoms with Gasteiger partial charge in [-0.25, -0.2) is 0 Å². The molecular weight excluding hydrogens is 548 g/mol. The summed E-state index contributed by atoms with van der Waals surface area (Å²) in [4.78, 5) is 0. The van der Waals surface area contributed by atoms with Crippen molar-refractivity contribution in [1.29, 1.82) is 0 Å². The number of hydrogen-bond donors (Lipinski definition) is 10. The van der Waals surface area contributed by atoms with Crippen LogP contribution in [0.15, 0.2) is 0 Å². The molecule has 15 atom stereocenters. The first kappa shape index (κ1) is 31.9. The fourth-order valence-corrected chi connectivity index (χ4v) is 7.68. The Morgan fingerprint density at radius 1 is 0.683 bits per heavy atom. The number of ether oxygens (including phenoxy) is 4. The lowest BCUT2D eigenvalue weighted by Crippen LogP contribution is -2.76. The van der Waals surface area contributed by atoms with Crippen LogP contribution in [0.4, 0.5) is 0 Å². The van der Waals surface area contributed by atoms with Crippen LogP contribution in [-0.2, 0) is 14.2 Å². The first-order valence-corrected chi connectivity index (χ1v) is 14.9. The number of hydrogen-bond acceptors (Lipinski definition) is 13. The van der Waals surface area contributed by atoms with Crippen molar-refractivity contribution in [2.24, 2.45) is 11.8 Å². The number of aliphatic hydroxyl groups is 12. The van der Waals surface area contributed by atoms with Crippen LogP contribution in [0.3, 0.4) is 0 Å². The molecule has 41 heavy (non-hydrogen) atoms. The van der Waals surface area contributed by atoms with Gasteiger partial charge in [0, 0.05) is 25.2 Å². The van der Waals surface area contributed by atoms with Crippen LogP contribution in [0.1, 0.15) is 51.4 Å². The molecule has 5 rings (SSSR count). The molecule has 14 heteroatoms. The Bertz CT molecular complexity index is 854. The Morgan fingerprint density at radius 2 is 1.34 bits per heavy atom. The quantitative estimate of drug-likeness (QED) is 0.131. The second-order valence-electron chi connectivity index (χ2n) is 12.6. The lowest BCUT2D eigenvalue weighted by Gasteiger charge is -2.56. The number of fused-ring (bicyclic) bond motifs is 1. The molecule has 3 aliphatic heterocycles. The predicted molar refractivity (Wildman–Crippen MR) is 137 cm³/mol. The van der Waals surface area contributed by atoms with E-state index < -0.39 is 86.1 Å². The maximum absolute atomic E-state index is 11.3. The zero-order chi connectivity index (χ0) is 29.6. The number of aliphatic hydroxyl groups excluding tert-OH is 10. The highest BCUT2D eigenvalue weighted by atomic mass is 16.8. The average Bonchev–Trinajstić information content (AvgIpc) is 2.96. The van der Waals surface area contributed by atoms with E-state index in [1.54, 1.807) is 0 Å². The van der Waals surface area contributed by atoms with Crippen LogP contribution in [0.2, 0.25) is 0 Å². The topological polar surface area (TPSA) is 243 Å². The van der Waals surface area contributed by atoms with E-state index in [-0.39, 0.29) is 30.7 Å². The molecule has 3 heterocycles. The minimum absolute atomic E-state index is 0.0707. The van der Waals surface area contributed by atoms with Gasteiger partial charge in [-0.15, -0.1) is 0 Å². The maximum atomic E-state index is 11.3. The molecule has 11 N–H and O–H groups in total. The molecule has 2 aliphatic carbocycles. The SMILES string of the molecule is OC[C@@H]1O[C@@](OC2CC(O)C3CCC(C4CCC(O)CC4)[OH+]C3C2)([C@H]2O[C@@H](CO)[C@@H](O)[C@@H](O)[C@@H]2O)[C@@H](O)[C@@H](O)[C@H]1O. The molecule has 5 fully saturated rings. The summed E-state index contributed by atoms with van der Waals surface area (Å²) in [6, 6.07) is 0. The molecule has 0 aromatic carbocycles. The lowest BCUT2D eigenvalue weighted by atomic mass is 9.74. The summed E-state index contributed by atoms with van der Waals surface area (Å²) < 4.78 is 23.0. The summed E-state index contributed by atoms with van der Waals surface area (Å²) in [6.07, 6.45) is -12.9. The fraction of sp³-hybridized carbons (Fsp3) is 1.00. The Kier molecular flexibility index (Phi) is 9.95. The fourth-order valence-electron chi connectivity index (χ4n) is 7.68. The molecule has 0 aromatic heterocycles. The highest BCUT2D eigenvalue weighted by Gasteiger charge is 2.65. The second-order valence-corrected chi connectivity index (χ2v) is 12.6. The van der Waals surface area contributed by atoms with Crippen molar-refractivity contribution in [1.82, 2.24) is 0 Å². The molecule has 0 radical (unpaired) electrons. The Balaban J connectivity index is 1.40. The summed E-state index contributed by atoms with van der Waals surface area (Å²) in [5.74, 6) is -2.26. The Morgan fingerprint density at radius 3 is 2.00 bits per heavy atom. The molecule has 0 aromatic rings. The van der Waals surface area contributed by atoms with Gasteiger partial charge < -0.3 is 70.0 Å². The summed E-state index contributed by atoms with van der Waals surface area (Å²) in [5, 5.41) is 105. The van der Waals surface area contributed by atoms with Gasteiger partial charge in [0.05, 0.1) is 37.4 Å². The molecule has 0 amide bonds. The van der Waals surface area contributed by atoms with E-state index >= 15 is 0 Å². The van der Waals surface area contributed by atoms with Crippen LogP contribution in [0.5, 0.6) is 0 Å². The van der Waals surface area contributed by atoms with E-state index in [0.717, 1.165) is 38.5 Å². The highest BCUT2D eigenvalue weighted by molar-refractivity contribution is 5.08. The molecular formula is C27H47O14+. The van der Waals surface area contributed by atoms with E-state index in [4.69, 9.17) is 18.9 Å². The van der Waals surface area contributed by atoms with E-state index in [0.29, 0.717) is 12.3 Å². The van der Waals surface area contributed by atoms with E-state index in [2.05, 4.69) is 0 Å². The van der Waals surface area contributed by atoms with Crippen LogP contribution in [0.25, 0.3) is 0 Å². The van der Waals surface area contributed by atoms with Gasteiger partial charge in [-0.3, -0.25) is 0 Å². The zero-order valence-electron chi connectivity index (χ0n) is 23.0. The largest absolute Gasteiger partial charge is 0.429 e. The van der Waals surface area contributed by atoms with E-state index in [9.17, 15) is 51.1 Å². The van der Waals surface area contributed by atoms with Crippen LogP contribution in [-0.4, -0.2) is 160 Å². The summed E-state index contributed by atoms with van der Waals surface area (Å²) in [7, 11) is 0. The smallest absolute Gasteiger partial charge is 0.227 e. The van der Waals surface area contributed by atoms with Crippen molar-refractivity contribution < 1.29 is 70.0 Å². The summed E-state index contributed by atoms with van der Waals surface area (Å²) in [5.41, 5.74) is 0. The highest BCUT2D eigenvalue weighted by Crippen LogP contribution is 2.45. The molecule has 14 nitrogen and oxygen atoms in total. The van der Waals surface area contributed by atoms with Crippen LogP contribution < -0.4 is 0 Å². The number of rotatable bonds is 6. The summed E-state index contributed by atoms with van der Waals surface area (Å²) in [6.45, 7) is -1.58. The molecule has 3 saturated heterocycles. The van der Waals surface area contributed by atoms with Gasteiger partial charge in [0.2, 0.25) is 5.79 Å². The summed E-state index contributed by atoms with van der Waals surface area (Å²) >= 11 is 0. The van der Waals surface area contributed by atoms with Crippen molar-refractivity contribution in [3.63, 3.8) is 0 Å². The van der Waals surface area contributed by atoms with Crippen molar-refractivity contribution in [2.75, 3.05) is 13.2 Å². The molecule has 0 spiro atoms. The minimum Gasteiger partial charge on any atom is -0.429 e. The van der Waals surface area contributed by atoms with Gasteiger partial charge in [0.1, 0.15) is 54.9 Å². The standard InChI is InChI=1S/C27H46O14/c28-9-18-20(32)22(34)24(36)26(39-18)27(25(37)23(35)21(33)19(10-29)41-27)40-13-7-15(31)14-5-6-16(38-17(14)8-13)11-1-3-12(30)4-2-11/h11-26,28-37H,1-10H2/p+1/t11?,12?,13?,14?,15?,16?,17?,18-,19-,20+,21-,22+,23-,24-,25-,26-,27+/m0/s1. The van der Waals surface area contributed by atoms with Gasteiger partial charge in [-0.2, -0.15) is 0 Å². The van der Waals surface area contributed by atoms with Crippen LogP contribution in [0, 0.1) is 11.8 Å². The third-order valence-electron chi connectivity index (χ3n) is 10.1. The van der Waals surface area contributed by atoms with Crippen LogP contribution >= 0.6 is 0 Å². The van der Waals surface area contributed by atoms with Gasteiger partial charge in [0.15, 0.2) is 12.2 Å². The zero-order valence-corrected chi connectivity index (χ0v) is 23.0. The third kappa shape index (κ3) is 5.94. The van der Waals surface area contributed by atoms with Crippen molar-refractivity contribution >= 4 is 0 Å². The monoisotopic (exact) mass is 595 g/mol. The lowest BCUT2D eigenvalue weighted by molar-refractivity contribution is -0.430. The molecule has 5 aliphatic rings. The van der Waals surface area contributed by atoms with Gasteiger partial charge >= 0.3 is 0 Å². The van der Waals surface area contributed by atoms with E-state index in [1.807, 2.05) is 0 Å². The second kappa shape index (κ2) is 12.8. The van der Waals surface area contributed by atoms with Gasteiger partial charge in [0.25, 0.3) is 0 Å². The Labute approximate surface area is 238 Å². The maximum Gasteiger partial charge on any atom is 0.227 e. The average molecular weight is 596 g/mol. The normalized spacial score (nSPS) is 54.9. The molecule has 0 bridgehead atoms. The van der Waals surface area contributed by atoms with Crippen molar-refractivity contribution in [3.05, 3.63) is 0 Å².